The standard InChI is InChI=1S/C16H29NO2/c1-11-4-3-5-15(12(11)2)17-10-13-6-8-14(9-7-13)16(18)19/h11-15,17H,3-10H2,1-2H3,(H,18,19). The second-order valence-electron chi connectivity index (χ2n) is 6.84. The lowest BCUT2D eigenvalue weighted by atomic mass is 9.77. The molecular weight excluding hydrogens is 238 g/mol. The first-order valence-corrected chi connectivity index (χ1v) is 8.04. The zero-order valence-electron chi connectivity index (χ0n) is 12.4. The Morgan fingerprint density at radius 3 is 2.42 bits per heavy atom. The monoisotopic (exact) mass is 267 g/mol. The van der Waals surface area contributed by atoms with Crippen molar-refractivity contribution in [3.63, 3.8) is 0 Å². The Hall–Kier alpha value is -0.570. The van der Waals surface area contributed by atoms with Crippen LogP contribution >= 0.6 is 0 Å². The van der Waals surface area contributed by atoms with Gasteiger partial charge in [0.25, 0.3) is 0 Å². The summed E-state index contributed by atoms with van der Waals surface area (Å²) in [5.41, 5.74) is 0. The summed E-state index contributed by atoms with van der Waals surface area (Å²) in [6.45, 7) is 5.84. The van der Waals surface area contributed by atoms with Crippen LogP contribution < -0.4 is 5.32 Å². The number of hydrogen-bond donors (Lipinski definition) is 2. The minimum absolute atomic E-state index is 0.0788. The van der Waals surface area contributed by atoms with Gasteiger partial charge in [-0.25, -0.2) is 0 Å². The summed E-state index contributed by atoms with van der Waals surface area (Å²) in [6, 6.07) is 0.681. The molecule has 0 radical (unpaired) electrons. The fourth-order valence-electron chi connectivity index (χ4n) is 3.80. The molecule has 0 aromatic heterocycles. The van der Waals surface area contributed by atoms with Crippen molar-refractivity contribution < 1.29 is 9.90 Å². The van der Waals surface area contributed by atoms with E-state index in [0.717, 1.165) is 44.1 Å². The largest absolute Gasteiger partial charge is 0.481 e. The Balaban J connectivity index is 1.70. The van der Waals surface area contributed by atoms with Gasteiger partial charge in [0.1, 0.15) is 0 Å². The Kier molecular flexibility index (Phi) is 5.26. The minimum Gasteiger partial charge on any atom is -0.481 e. The fraction of sp³-hybridized carbons (Fsp3) is 0.938. The topological polar surface area (TPSA) is 49.3 Å². The normalized spacial score (nSPS) is 40.0. The van der Waals surface area contributed by atoms with Crippen molar-refractivity contribution in [2.24, 2.45) is 23.7 Å². The lowest BCUT2D eigenvalue weighted by Gasteiger charge is -2.36. The summed E-state index contributed by atoms with van der Waals surface area (Å²) in [4.78, 5) is 10.9. The third kappa shape index (κ3) is 3.95. The average Bonchev–Trinajstić information content (AvgIpc) is 2.41. The van der Waals surface area contributed by atoms with Gasteiger partial charge in [-0.15, -0.1) is 0 Å². The first-order valence-electron chi connectivity index (χ1n) is 8.04. The van der Waals surface area contributed by atoms with E-state index in [4.69, 9.17) is 5.11 Å². The van der Waals surface area contributed by atoms with Gasteiger partial charge in [0.15, 0.2) is 0 Å². The molecule has 0 amide bonds. The van der Waals surface area contributed by atoms with Gasteiger partial charge >= 0.3 is 5.97 Å². The Morgan fingerprint density at radius 2 is 1.79 bits per heavy atom. The molecule has 2 saturated carbocycles. The van der Waals surface area contributed by atoms with Crippen molar-refractivity contribution in [1.29, 1.82) is 0 Å². The number of hydrogen-bond acceptors (Lipinski definition) is 2. The quantitative estimate of drug-likeness (QED) is 0.821. The highest BCUT2D eigenvalue weighted by atomic mass is 16.4. The molecule has 0 spiro atoms. The van der Waals surface area contributed by atoms with Crippen molar-refractivity contribution in [2.45, 2.75) is 64.8 Å². The maximum Gasteiger partial charge on any atom is 0.306 e. The van der Waals surface area contributed by atoms with Crippen LogP contribution in [0.15, 0.2) is 0 Å². The molecule has 3 heteroatoms. The maximum atomic E-state index is 10.9. The molecule has 2 rings (SSSR count). The lowest BCUT2D eigenvalue weighted by Crippen LogP contribution is -2.43. The molecule has 2 N–H and O–H groups in total. The molecule has 0 saturated heterocycles. The van der Waals surface area contributed by atoms with E-state index in [1.807, 2.05) is 0 Å². The Morgan fingerprint density at radius 1 is 1.11 bits per heavy atom. The first kappa shape index (κ1) is 14.8. The van der Waals surface area contributed by atoms with E-state index < -0.39 is 5.97 Å². The van der Waals surface area contributed by atoms with Gasteiger partial charge in [0.2, 0.25) is 0 Å². The van der Waals surface area contributed by atoms with E-state index in [1.54, 1.807) is 0 Å². The molecule has 0 aromatic rings. The molecule has 3 nitrogen and oxygen atoms in total. The van der Waals surface area contributed by atoms with Crippen LogP contribution in [0, 0.1) is 23.7 Å². The number of carboxylic acid groups (broad SMARTS) is 1. The summed E-state index contributed by atoms with van der Waals surface area (Å²) < 4.78 is 0. The minimum atomic E-state index is -0.596. The molecular formula is C16H29NO2. The van der Waals surface area contributed by atoms with Gasteiger partial charge < -0.3 is 10.4 Å². The van der Waals surface area contributed by atoms with Crippen molar-refractivity contribution >= 4 is 5.97 Å². The molecule has 3 unspecified atom stereocenters. The highest BCUT2D eigenvalue weighted by Gasteiger charge is 2.29. The van der Waals surface area contributed by atoms with Crippen LogP contribution in [0.4, 0.5) is 0 Å². The van der Waals surface area contributed by atoms with Crippen LogP contribution in [-0.4, -0.2) is 23.7 Å². The molecule has 2 fully saturated rings. The number of rotatable bonds is 4. The smallest absolute Gasteiger partial charge is 0.306 e. The lowest BCUT2D eigenvalue weighted by molar-refractivity contribution is -0.143. The second-order valence-corrected chi connectivity index (χ2v) is 6.84. The van der Waals surface area contributed by atoms with Gasteiger partial charge in [0, 0.05) is 6.04 Å². The molecule has 0 heterocycles. The van der Waals surface area contributed by atoms with Gasteiger partial charge in [0.05, 0.1) is 5.92 Å². The summed E-state index contributed by atoms with van der Waals surface area (Å²) >= 11 is 0. The summed E-state index contributed by atoms with van der Waals surface area (Å²) in [7, 11) is 0. The van der Waals surface area contributed by atoms with Crippen LogP contribution in [0.25, 0.3) is 0 Å². The molecule has 19 heavy (non-hydrogen) atoms. The zero-order valence-corrected chi connectivity index (χ0v) is 12.4. The van der Waals surface area contributed by atoms with Crippen LogP contribution in [0.2, 0.25) is 0 Å². The van der Waals surface area contributed by atoms with Crippen LogP contribution in [-0.2, 0) is 4.79 Å². The van der Waals surface area contributed by atoms with Crippen LogP contribution in [0.3, 0.4) is 0 Å². The van der Waals surface area contributed by atoms with Crippen molar-refractivity contribution in [1.82, 2.24) is 5.32 Å². The fourth-order valence-corrected chi connectivity index (χ4v) is 3.80. The number of carbonyl (C=O) groups is 1. The molecule has 0 bridgehead atoms. The number of nitrogens with one attached hydrogen (secondary N) is 1. The molecule has 0 aliphatic heterocycles. The van der Waals surface area contributed by atoms with Gasteiger partial charge in [-0.2, -0.15) is 0 Å². The molecule has 0 aromatic carbocycles. The SMILES string of the molecule is CC1CCCC(NCC2CCC(C(=O)O)CC2)C1C. The molecule has 2 aliphatic rings. The predicted molar refractivity (Wildman–Crippen MR) is 77.1 cm³/mol. The van der Waals surface area contributed by atoms with E-state index in [1.165, 1.54) is 19.3 Å². The maximum absolute atomic E-state index is 10.9. The van der Waals surface area contributed by atoms with E-state index in [9.17, 15) is 4.79 Å². The third-order valence-corrected chi connectivity index (χ3v) is 5.57. The van der Waals surface area contributed by atoms with Crippen molar-refractivity contribution in [3.8, 4) is 0 Å². The third-order valence-electron chi connectivity index (χ3n) is 5.57. The first-order chi connectivity index (χ1) is 9.08. The van der Waals surface area contributed by atoms with Crippen molar-refractivity contribution in [3.05, 3.63) is 0 Å². The molecule has 110 valence electrons. The van der Waals surface area contributed by atoms with Crippen LogP contribution in [0.1, 0.15) is 58.8 Å². The van der Waals surface area contributed by atoms with Gasteiger partial charge in [-0.05, 0) is 56.4 Å². The Labute approximate surface area is 117 Å². The van der Waals surface area contributed by atoms with E-state index in [2.05, 4.69) is 19.2 Å². The zero-order chi connectivity index (χ0) is 13.8. The summed E-state index contributed by atoms with van der Waals surface area (Å²) in [5.74, 6) is 1.64. The molecule has 2 aliphatic carbocycles. The highest BCUT2D eigenvalue weighted by molar-refractivity contribution is 5.69. The summed E-state index contributed by atoms with van der Waals surface area (Å²) in [5, 5.41) is 12.8. The van der Waals surface area contributed by atoms with Crippen LogP contribution in [0.5, 0.6) is 0 Å². The van der Waals surface area contributed by atoms with Gasteiger partial charge in [-0.1, -0.05) is 26.7 Å². The second kappa shape index (κ2) is 6.74. The summed E-state index contributed by atoms with van der Waals surface area (Å²) in [6.07, 6.45) is 7.96. The van der Waals surface area contributed by atoms with E-state index in [-0.39, 0.29) is 5.92 Å². The van der Waals surface area contributed by atoms with E-state index >= 15 is 0 Å². The number of aliphatic carboxylic acids is 1. The highest BCUT2D eigenvalue weighted by Crippen LogP contribution is 2.31. The van der Waals surface area contributed by atoms with Crippen molar-refractivity contribution in [2.75, 3.05) is 6.54 Å². The van der Waals surface area contributed by atoms with E-state index in [0.29, 0.717) is 12.0 Å². The Bertz CT molecular complexity index is 297. The number of carboxylic acids is 1. The molecule has 3 atom stereocenters. The predicted octanol–water partition coefficient (Wildman–Crippen LogP) is 3.29. The van der Waals surface area contributed by atoms with Gasteiger partial charge in [-0.3, -0.25) is 4.79 Å². The average molecular weight is 267 g/mol.